The molecule has 0 aliphatic carbocycles. The van der Waals surface area contributed by atoms with Crippen LogP contribution in [0.15, 0.2) is 36.4 Å². The van der Waals surface area contributed by atoms with Gasteiger partial charge in [-0.2, -0.15) is 5.10 Å². The third-order valence-electron chi connectivity index (χ3n) is 5.38. The molecule has 1 saturated heterocycles. The van der Waals surface area contributed by atoms with E-state index >= 15 is 0 Å². The third kappa shape index (κ3) is 4.69. The first-order valence-corrected chi connectivity index (χ1v) is 9.56. The highest BCUT2D eigenvalue weighted by atomic mass is 16.5. The first kappa shape index (κ1) is 19.4. The maximum atomic E-state index is 12.3. The smallest absolute Gasteiger partial charge is 0.241 e. The largest absolute Gasteiger partial charge is 0.384 e. The van der Waals surface area contributed by atoms with Gasteiger partial charge in [-0.3, -0.25) is 4.79 Å². The quantitative estimate of drug-likeness (QED) is 0.819. The summed E-state index contributed by atoms with van der Waals surface area (Å²) in [5.41, 5.74) is 7.85. The highest BCUT2D eigenvalue weighted by Crippen LogP contribution is 2.43. The van der Waals surface area contributed by atoms with E-state index in [0.717, 1.165) is 31.6 Å². The number of rotatable bonds is 6. The van der Waals surface area contributed by atoms with Crippen LogP contribution < -0.4 is 11.1 Å². The summed E-state index contributed by atoms with van der Waals surface area (Å²) >= 11 is 0. The molecular weight excluding hydrogens is 340 g/mol. The molecule has 0 spiro atoms. The zero-order valence-corrected chi connectivity index (χ0v) is 16.5. The standard InChI is InChI=1S/C21H30N4O2/c1-16-13-18(22)25(24-16)14-19(26)23-11-9-21(17-7-5-4-6-8-17)10-12-27-20(2,3)15-21/h4-8,13H,9-12,14-15,22H2,1-3H3,(H,23,26)/t21-/m1/s1. The number of hydrogen-bond donors (Lipinski definition) is 2. The predicted molar refractivity (Wildman–Crippen MR) is 106 cm³/mol. The van der Waals surface area contributed by atoms with E-state index in [1.165, 1.54) is 10.2 Å². The molecular formula is C21H30N4O2. The molecule has 0 saturated carbocycles. The van der Waals surface area contributed by atoms with Crippen LogP contribution in [0.5, 0.6) is 0 Å². The summed E-state index contributed by atoms with van der Waals surface area (Å²) < 4.78 is 7.49. The Hall–Kier alpha value is -2.34. The van der Waals surface area contributed by atoms with Gasteiger partial charge >= 0.3 is 0 Å². The van der Waals surface area contributed by atoms with Gasteiger partial charge in [0.05, 0.1) is 11.3 Å². The normalized spacial score (nSPS) is 21.7. The van der Waals surface area contributed by atoms with Crippen molar-refractivity contribution in [2.45, 2.75) is 57.6 Å². The van der Waals surface area contributed by atoms with Crippen LogP contribution in [0.3, 0.4) is 0 Å². The lowest BCUT2D eigenvalue weighted by molar-refractivity contribution is -0.122. The summed E-state index contributed by atoms with van der Waals surface area (Å²) in [5, 5.41) is 7.28. The van der Waals surface area contributed by atoms with Crippen molar-refractivity contribution in [2.24, 2.45) is 0 Å². The van der Waals surface area contributed by atoms with Crippen molar-refractivity contribution in [3.8, 4) is 0 Å². The topological polar surface area (TPSA) is 82.2 Å². The Morgan fingerprint density at radius 3 is 2.70 bits per heavy atom. The number of benzene rings is 1. The van der Waals surface area contributed by atoms with E-state index in [-0.39, 0.29) is 23.5 Å². The fraction of sp³-hybridized carbons (Fsp3) is 0.524. The number of anilines is 1. The van der Waals surface area contributed by atoms with Gasteiger partial charge in [-0.15, -0.1) is 0 Å². The molecule has 2 heterocycles. The molecule has 1 atom stereocenters. The predicted octanol–water partition coefficient (Wildman–Crippen LogP) is 2.81. The summed E-state index contributed by atoms with van der Waals surface area (Å²) in [7, 11) is 0. The van der Waals surface area contributed by atoms with Crippen LogP contribution in [0.1, 0.15) is 44.4 Å². The number of carbonyl (C=O) groups is 1. The van der Waals surface area contributed by atoms with Gasteiger partial charge in [0.1, 0.15) is 12.4 Å². The van der Waals surface area contributed by atoms with Gasteiger partial charge in [-0.25, -0.2) is 4.68 Å². The molecule has 1 fully saturated rings. The monoisotopic (exact) mass is 370 g/mol. The van der Waals surface area contributed by atoms with Crippen molar-refractivity contribution in [3.05, 3.63) is 47.7 Å². The van der Waals surface area contributed by atoms with Crippen molar-refractivity contribution in [1.82, 2.24) is 15.1 Å². The van der Waals surface area contributed by atoms with E-state index in [1.54, 1.807) is 6.07 Å². The van der Waals surface area contributed by atoms with Crippen molar-refractivity contribution in [3.63, 3.8) is 0 Å². The number of aryl methyl sites for hydroxylation is 1. The Balaban J connectivity index is 1.65. The zero-order valence-electron chi connectivity index (χ0n) is 16.5. The molecule has 2 aromatic rings. The summed E-state index contributed by atoms with van der Waals surface area (Å²) in [6, 6.07) is 12.4. The number of amides is 1. The minimum absolute atomic E-state index is 0.0115. The van der Waals surface area contributed by atoms with E-state index in [0.29, 0.717) is 12.4 Å². The van der Waals surface area contributed by atoms with Gasteiger partial charge in [0.15, 0.2) is 0 Å². The molecule has 6 heteroatoms. The van der Waals surface area contributed by atoms with Gasteiger partial charge in [0.2, 0.25) is 5.91 Å². The summed E-state index contributed by atoms with van der Waals surface area (Å²) in [4.78, 5) is 12.3. The minimum atomic E-state index is -0.168. The van der Waals surface area contributed by atoms with Crippen molar-refractivity contribution in [1.29, 1.82) is 0 Å². The lowest BCUT2D eigenvalue weighted by Crippen LogP contribution is -2.45. The fourth-order valence-electron chi connectivity index (χ4n) is 4.20. The lowest BCUT2D eigenvalue weighted by atomic mass is 9.67. The SMILES string of the molecule is Cc1cc(N)n(CC(=O)NCC[C@@]2(c3ccccc3)CCOC(C)(C)C2)n1. The van der Waals surface area contributed by atoms with Crippen molar-refractivity contribution in [2.75, 3.05) is 18.9 Å². The maximum absolute atomic E-state index is 12.3. The second-order valence-corrected chi connectivity index (χ2v) is 8.15. The second kappa shape index (κ2) is 7.72. The van der Waals surface area contributed by atoms with Gasteiger partial charge < -0.3 is 15.8 Å². The Morgan fingerprint density at radius 2 is 2.07 bits per heavy atom. The number of hydrogen-bond acceptors (Lipinski definition) is 4. The average molecular weight is 370 g/mol. The van der Waals surface area contributed by atoms with E-state index < -0.39 is 0 Å². The number of nitrogens with one attached hydrogen (secondary N) is 1. The molecule has 0 unspecified atom stereocenters. The first-order chi connectivity index (χ1) is 12.8. The molecule has 1 aliphatic heterocycles. The number of nitrogen functional groups attached to an aromatic ring is 1. The molecule has 0 bridgehead atoms. The molecule has 1 aromatic heterocycles. The van der Waals surface area contributed by atoms with Crippen LogP contribution >= 0.6 is 0 Å². The molecule has 3 rings (SSSR count). The molecule has 27 heavy (non-hydrogen) atoms. The first-order valence-electron chi connectivity index (χ1n) is 9.56. The number of nitrogens with two attached hydrogens (primary N) is 1. The van der Waals surface area contributed by atoms with Gasteiger partial charge in [-0.1, -0.05) is 30.3 Å². The molecule has 1 aliphatic rings. The molecule has 0 radical (unpaired) electrons. The molecule has 3 N–H and O–H groups in total. The average Bonchev–Trinajstić information content (AvgIpc) is 2.92. The van der Waals surface area contributed by atoms with E-state index in [4.69, 9.17) is 10.5 Å². The number of ether oxygens (including phenoxy) is 1. The highest BCUT2D eigenvalue weighted by molar-refractivity contribution is 5.76. The molecule has 146 valence electrons. The molecule has 6 nitrogen and oxygen atoms in total. The number of aromatic nitrogens is 2. The summed E-state index contributed by atoms with van der Waals surface area (Å²) in [6.07, 6.45) is 2.77. The van der Waals surface area contributed by atoms with Crippen molar-refractivity contribution < 1.29 is 9.53 Å². The van der Waals surface area contributed by atoms with E-state index in [1.807, 2.05) is 13.0 Å². The van der Waals surface area contributed by atoms with Crippen LogP contribution in [0.4, 0.5) is 5.82 Å². The third-order valence-corrected chi connectivity index (χ3v) is 5.38. The molecule has 1 aromatic carbocycles. The zero-order chi connectivity index (χ0) is 19.5. The summed E-state index contributed by atoms with van der Waals surface area (Å²) in [5.74, 6) is 0.439. The minimum Gasteiger partial charge on any atom is -0.384 e. The highest BCUT2D eigenvalue weighted by Gasteiger charge is 2.41. The fourth-order valence-corrected chi connectivity index (χ4v) is 4.20. The van der Waals surface area contributed by atoms with Gasteiger partial charge in [0.25, 0.3) is 0 Å². The van der Waals surface area contributed by atoms with E-state index in [2.05, 4.69) is 48.5 Å². The molecule has 1 amide bonds. The Labute approximate surface area is 161 Å². The van der Waals surface area contributed by atoms with Crippen LogP contribution in [-0.2, 0) is 21.5 Å². The lowest BCUT2D eigenvalue weighted by Gasteiger charge is -2.45. The van der Waals surface area contributed by atoms with Gasteiger partial charge in [-0.05, 0) is 45.6 Å². The van der Waals surface area contributed by atoms with Crippen LogP contribution in [-0.4, -0.2) is 34.4 Å². The van der Waals surface area contributed by atoms with Crippen molar-refractivity contribution >= 4 is 11.7 Å². The Bertz CT molecular complexity index is 785. The van der Waals surface area contributed by atoms with Crippen LogP contribution in [0.2, 0.25) is 0 Å². The number of carbonyl (C=O) groups excluding carboxylic acids is 1. The van der Waals surface area contributed by atoms with Gasteiger partial charge in [0, 0.05) is 24.6 Å². The van der Waals surface area contributed by atoms with Crippen LogP contribution in [0.25, 0.3) is 0 Å². The Kier molecular flexibility index (Phi) is 5.56. The van der Waals surface area contributed by atoms with Crippen LogP contribution in [0, 0.1) is 6.92 Å². The number of nitrogens with zero attached hydrogens (tertiary/aromatic N) is 2. The second-order valence-electron chi connectivity index (χ2n) is 8.15. The summed E-state index contributed by atoms with van der Waals surface area (Å²) in [6.45, 7) is 7.65. The maximum Gasteiger partial charge on any atom is 0.241 e. The van der Waals surface area contributed by atoms with E-state index in [9.17, 15) is 4.79 Å². The Morgan fingerprint density at radius 1 is 1.33 bits per heavy atom.